The number of methoxy groups -OCH3 is 1. The van der Waals surface area contributed by atoms with Crippen molar-refractivity contribution in [1.29, 1.82) is 0 Å². The fourth-order valence-corrected chi connectivity index (χ4v) is 3.45. The van der Waals surface area contributed by atoms with E-state index < -0.39 is 24.5 Å². The van der Waals surface area contributed by atoms with Crippen molar-refractivity contribution in [1.82, 2.24) is 5.01 Å². The zero-order valence-corrected chi connectivity index (χ0v) is 17.4. The number of phenols is 1. The number of esters is 1. The Labute approximate surface area is 183 Å². The molecule has 0 saturated heterocycles. The van der Waals surface area contributed by atoms with Crippen LogP contribution in [0.25, 0.3) is 0 Å². The number of benzene rings is 1. The van der Waals surface area contributed by atoms with E-state index >= 15 is 0 Å². The molecular weight excluding hydrogens is 416 g/mol. The molecule has 0 aliphatic carbocycles. The predicted octanol–water partition coefficient (Wildman–Crippen LogP) is 3.44. The second-order valence-electron chi connectivity index (χ2n) is 7.16. The fraction of sp³-hybridized carbons (Fsp3) is 0.261. The van der Waals surface area contributed by atoms with Gasteiger partial charge in [0.2, 0.25) is 0 Å². The van der Waals surface area contributed by atoms with Crippen LogP contribution in [0, 0.1) is 0 Å². The van der Waals surface area contributed by atoms with E-state index in [0.29, 0.717) is 35.8 Å². The van der Waals surface area contributed by atoms with E-state index in [9.17, 15) is 14.7 Å². The monoisotopic (exact) mass is 438 g/mol. The van der Waals surface area contributed by atoms with Crippen LogP contribution in [-0.4, -0.2) is 41.4 Å². The van der Waals surface area contributed by atoms with Crippen molar-refractivity contribution in [2.24, 2.45) is 5.10 Å². The van der Waals surface area contributed by atoms with Crippen molar-refractivity contribution in [3.63, 3.8) is 0 Å². The van der Waals surface area contributed by atoms with Gasteiger partial charge in [-0.3, -0.25) is 9.59 Å². The van der Waals surface area contributed by atoms with Crippen molar-refractivity contribution in [3.8, 4) is 11.5 Å². The summed E-state index contributed by atoms with van der Waals surface area (Å²) in [5.41, 5.74) is 1.35. The third kappa shape index (κ3) is 4.66. The number of furan rings is 2. The number of phenolic OH excluding ortho intramolecular Hbond substituents is 1. The van der Waals surface area contributed by atoms with Crippen LogP contribution in [0.5, 0.6) is 11.5 Å². The number of carbonyl (C=O) groups is 2. The first-order valence-corrected chi connectivity index (χ1v) is 10.0. The summed E-state index contributed by atoms with van der Waals surface area (Å²) in [6.07, 6.45) is 3.89. The van der Waals surface area contributed by atoms with Crippen LogP contribution in [0.2, 0.25) is 0 Å². The average molecular weight is 438 g/mol. The Morgan fingerprint density at radius 1 is 1.19 bits per heavy atom. The van der Waals surface area contributed by atoms with Crippen LogP contribution in [-0.2, 0) is 20.7 Å². The maximum absolute atomic E-state index is 12.8. The zero-order valence-electron chi connectivity index (χ0n) is 17.4. The molecular formula is C23H22N2O7. The van der Waals surface area contributed by atoms with E-state index in [1.54, 1.807) is 36.4 Å². The number of hydrazone groups is 1. The molecule has 166 valence electrons. The Morgan fingerprint density at radius 3 is 2.69 bits per heavy atom. The lowest BCUT2D eigenvalue weighted by molar-refractivity contribution is -0.152. The number of carbonyl (C=O) groups excluding carboxylic acids is 2. The first-order valence-electron chi connectivity index (χ1n) is 10.0. The summed E-state index contributed by atoms with van der Waals surface area (Å²) in [6, 6.07) is 11.5. The van der Waals surface area contributed by atoms with Gasteiger partial charge in [-0.05, 0) is 48.4 Å². The van der Waals surface area contributed by atoms with Gasteiger partial charge in [-0.1, -0.05) is 6.07 Å². The third-order valence-corrected chi connectivity index (χ3v) is 5.06. The number of aromatic hydroxyl groups is 1. The molecule has 1 aromatic carbocycles. The molecule has 1 aliphatic heterocycles. The van der Waals surface area contributed by atoms with Crippen LogP contribution >= 0.6 is 0 Å². The van der Waals surface area contributed by atoms with E-state index in [4.69, 9.17) is 18.3 Å². The highest BCUT2D eigenvalue weighted by Gasteiger charge is 2.36. The summed E-state index contributed by atoms with van der Waals surface area (Å²) in [4.78, 5) is 24.9. The largest absolute Gasteiger partial charge is 0.504 e. The molecule has 1 N–H and O–H groups in total. The molecule has 0 fully saturated rings. The van der Waals surface area contributed by atoms with Gasteiger partial charge in [-0.15, -0.1) is 0 Å². The topological polar surface area (TPSA) is 115 Å². The Kier molecular flexibility index (Phi) is 6.25. The molecule has 9 heteroatoms. The summed E-state index contributed by atoms with van der Waals surface area (Å²) in [5.74, 6) is 0.497. The molecule has 0 bridgehead atoms. The summed E-state index contributed by atoms with van der Waals surface area (Å²) >= 11 is 0. The summed E-state index contributed by atoms with van der Waals surface area (Å²) in [7, 11) is 1.46. The summed E-state index contributed by atoms with van der Waals surface area (Å²) in [6.45, 7) is -0.446. The fourth-order valence-electron chi connectivity index (χ4n) is 3.45. The molecule has 0 spiro atoms. The van der Waals surface area contributed by atoms with Gasteiger partial charge in [-0.25, -0.2) is 5.01 Å². The van der Waals surface area contributed by atoms with Gasteiger partial charge < -0.3 is 23.4 Å². The Bertz CT molecular complexity index is 1100. The Hall–Kier alpha value is -4.01. The minimum absolute atomic E-state index is 0.00299. The lowest BCUT2D eigenvalue weighted by Gasteiger charge is -2.19. The maximum atomic E-state index is 12.8. The molecule has 3 aromatic rings. The van der Waals surface area contributed by atoms with Crippen molar-refractivity contribution < 1.29 is 33.0 Å². The number of ether oxygens (including phenoxy) is 2. The van der Waals surface area contributed by atoms with Gasteiger partial charge in [0, 0.05) is 12.8 Å². The van der Waals surface area contributed by atoms with Crippen LogP contribution in [0.15, 0.2) is 68.9 Å². The standard InChI is InChI=1S/C23H22N2O7/c1-29-21-8-6-15(12-18(21)26)7-9-23(28)32-14-22(27)25-17(20-5-3-11-31-20)13-16(24-25)19-4-2-10-30-19/h2-6,8,10-12,17,26H,7,9,13-14H2,1H3. The molecule has 1 aliphatic rings. The second kappa shape index (κ2) is 9.42. The van der Waals surface area contributed by atoms with Crippen molar-refractivity contribution >= 4 is 17.6 Å². The van der Waals surface area contributed by atoms with Gasteiger partial charge in [0.15, 0.2) is 18.1 Å². The van der Waals surface area contributed by atoms with Crippen molar-refractivity contribution in [2.75, 3.05) is 13.7 Å². The van der Waals surface area contributed by atoms with Gasteiger partial charge in [0.25, 0.3) is 5.91 Å². The van der Waals surface area contributed by atoms with E-state index in [-0.39, 0.29) is 12.2 Å². The lowest BCUT2D eigenvalue weighted by atomic mass is 10.1. The summed E-state index contributed by atoms with van der Waals surface area (Å²) in [5, 5.41) is 15.5. The number of hydrogen-bond donors (Lipinski definition) is 1. The molecule has 1 atom stereocenters. The highest BCUT2D eigenvalue weighted by molar-refractivity contribution is 6.01. The molecule has 2 aromatic heterocycles. The quantitative estimate of drug-likeness (QED) is 0.536. The zero-order chi connectivity index (χ0) is 22.5. The first kappa shape index (κ1) is 21.2. The first-order chi connectivity index (χ1) is 15.5. The van der Waals surface area contributed by atoms with Crippen molar-refractivity contribution in [2.45, 2.75) is 25.3 Å². The molecule has 1 amide bonds. The molecule has 3 heterocycles. The minimum Gasteiger partial charge on any atom is -0.504 e. The molecule has 32 heavy (non-hydrogen) atoms. The van der Waals surface area contributed by atoms with E-state index in [2.05, 4.69) is 5.10 Å². The molecule has 4 rings (SSSR count). The molecule has 1 unspecified atom stereocenters. The van der Waals surface area contributed by atoms with Crippen molar-refractivity contribution in [3.05, 3.63) is 72.1 Å². The number of aryl methyl sites for hydroxylation is 1. The Morgan fingerprint density at radius 2 is 2.00 bits per heavy atom. The van der Waals surface area contributed by atoms with Gasteiger partial charge in [-0.2, -0.15) is 5.10 Å². The van der Waals surface area contributed by atoms with Gasteiger partial charge >= 0.3 is 5.97 Å². The number of hydrogen-bond acceptors (Lipinski definition) is 8. The van der Waals surface area contributed by atoms with Gasteiger partial charge in [0.1, 0.15) is 23.3 Å². The van der Waals surface area contributed by atoms with Crippen LogP contribution in [0.1, 0.15) is 36.0 Å². The number of amides is 1. The lowest BCUT2D eigenvalue weighted by Crippen LogP contribution is -2.31. The molecule has 9 nitrogen and oxygen atoms in total. The second-order valence-corrected chi connectivity index (χ2v) is 7.16. The van der Waals surface area contributed by atoms with Crippen LogP contribution in [0.4, 0.5) is 0 Å². The number of nitrogens with zero attached hydrogens (tertiary/aromatic N) is 2. The molecule has 0 radical (unpaired) electrons. The smallest absolute Gasteiger partial charge is 0.306 e. The van der Waals surface area contributed by atoms with E-state index in [0.717, 1.165) is 5.56 Å². The van der Waals surface area contributed by atoms with Gasteiger partial charge in [0.05, 0.1) is 19.6 Å². The predicted molar refractivity (Wildman–Crippen MR) is 112 cm³/mol. The van der Waals surface area contributed by atoms with E-state index in [1.165, 1.54) is 30.7 Å². The Balaban J connectivity index is 1.35. The minimum atomic E-state index is -0.530. The summed E-state index contributed by atoms with van der Waals surface area (Å²) < 4.78 is 21.0. The van der Waals surface area contributed by atoms with E-state index in [1.807, 2.05) is 0 Å². The van der Waals surface area contributed by atoms with Crippen LogP contribution in [0.3, 0.4) is 0 Å². The SMILES string of the molecule is COc1ccc(CCC(=O)OCC(=O)N2N=C(c3ccco3)CC2c2ccco2)cc1O. The normalized spacial score (nSPS) is 15.5. The number of rotatable bonds is 8. The third-order valence-electron chi connectivity index (χ3n) is 5.06. The highest BCUT2D eigenvalue weighted by atomic mass is 16.5. The highest BCUT2D eigenvalue weighted by Crippen LogP contribution is 2.33. The molecule has 0 saturated carbocycles. The van der Waals surface area contributed by atoms with Crippen LogP contribution < -0.4 is 4.74 Å². The maximum Gasteiger partial charge on any atom is 0.306 e. The average Bonchev–Trinajstić information content (AvgIpc) is 3.56.